The Kier molecular flexibility index (Phi) is 11.2. The molecule has 2 heterocycles. The third kappa shape index (κ3) is 7.42. The molecule has 0 aromatic heterocycles. The van der Waals surface area contributed by atoms with Gasteiger partial charge in [0.05, 0.1) is 31.0 Å². The van der Waals surface area contributed by atoms with Crippen molar-refractivity contribution in [3.8, 4) is 0 Å². The molecule has 2 saturated heterocycles. The standard InChI is InChI=1S/C26H48N2O12/c1-10-7-11(2)22(20(34)21(10)38-23-12(3)16(30)18(32)13(8-27)36-23)39-24-19(33)15(17(31)14(9-29)37-24)28-25(35)40-26(4,5)6/h10-24,29-34H,7-9,27H2,1-6H3,(H,28,35). The Morgan fingerprint density at radius 3 is 1.93 bits per heavy atom. The van der Waals surface area contributed by atoms with E-state index in [0.29, 0.717) is 6.42 Å². The van der Waals surface area contributed by atoms with Crippen LogP contribution in [0.2, 0.25) is 0 Å². The number of hydrogen-bond acceptors (Lipinski definition) is 13. The molecule has 3 rings (SSSR count). The molecule has 1 saturated carbocycles. The molecule has 1 aliphatic carbocycles. The van der Waals surface area contributed by atoms with E-state index in [-0.39, 0.29) is 18.4 Å². The Balaban J connectivity index is 1.75. The molecule has 3 aliphatic rings. The molecular weight excluding hydrogens is 532 g/mol. The van der Waals surface area contributed by atoms with Crippen LogP contribution in [-0.2, 0) is 23.7 Å². The first kappa shape index (κ1) is 33.3. The number of rotatable bonds is 7. The van der Waals surface area contributed by atoms with Crippen LogP contribution in [-0.4, -0.2) is 129 Å². The van der Waals surface area contributed by atoms with Crippen molar-refractivity contribution in [1.82, 2.24) is 5.32 Å². The first-order chi connectivity index (χ1) is 18.6. The molecule has 1 amide bonds. The van der Waals surface area contributed by atoms with Gasteiger partial charge in [-0.2, -0.15) is 0 Å². The summed E-state index contributed by atoms with van der Waals surface area (Å²) in [5.41, 5.74) is 4.85. The number of nitrogens with two attached hydrogens (primary N) is 1. The van der Waals surface area contributed by atoms with Crippen molar-refractivity contribution in [3.63, 3.8) is 0 Å². The topological polar surface area (TPSA) is 223 Å². The maximum Gasteiger partial charge on any atom is 0.408 e. The first-order valence-corrected chi connectivity index (χ1v) is 13.9. The lowest BCUT2D eigenvalue weighted by Crippen LogP contribution is -2.66. The van der Waals surface area contributed by atoms with E-state index in [2.05, 4.69) is 5.32 Å². The van der Waals surface area contributed by atoms with Crippen molar-refractivity contribution in [3.05, 3.63) is 0 Å². The Morgan fingerprint density at radius 1 is 0.850 bits per heavy atom. The maximum atomic E-state index is 12.4. The highest BCUT2D eigenvalue weighted by Crippen LogP contribution is 2.38. The third-order valence-electron chi connectivity index (χ3n) is 7.93. The second-order valence-corrected chi connectivity index (χ2v) is 12.4. The Labute approximate surface area is 234 Å². The van der Waals surface area contributed by atoms with E-state index in [1.807, 2.05) is 13.8 Å². The summed E-state index contributed by atoms with van der Waals surface area (Å²) in [6, 6.07) is -1.30. The molecule has 14 nitrogen and oxygen atoms in total. The summed E-state index contributed by atoms with van der Waals surface area (Å²) < 4.78 is 28.9. The van der Waals surface area contributed by atoms with Gasteiger partial charge in [0, 0.05) is 12.5 Å². The second-order valence-electron chi connectivity index (χ2n) is 12.4. The number of amides is 1. The monoisotopic (exact) mass is 580 g/mol. The molecule has 234 valence electrons. The highest BCUT2D eigenvalue weighted by atomic mass is 16.7. The van der Waals surface area contributed by atoms with E-state index in [9.17, 15) is 35.4 Å². The summed E-state index contributed by atoms with van der Waals surface area (Å²) in [7, 11) is 0. The van der Waals surface area contributed by atoms with Gasteiger partial charge >= 0.3 is 6.09 Å². The molecule has 3 fully saturated rings. The van der Waals surface area contributed by atoms with Crippen molar-refractivity contribution in [2.45, 2.75) is 127 Å². The minimum atomic E-state index is -1.58. The summed E-state index contributed by atoms with van der Waals surface area (Å²) in [5, 5.41) is 66.0. The van der Waals surface area contributed by atoms with Crippen molar-refractivity contribution < 1.29 is 59.1 Å². The number of hydrogen-bond donors (Lipinski definition) is 8. The minimum absolute atomic E-state index is 0.0381. The quantitative estimate of drug-likeness (QED) is 0.166. The van der Waals surface area contributed by atoms with Gasteiger partial charge in [-0.25, -0.2) is 4.79 Å². The van der Waals surface area contributed by atoms with Crippen LogP contribution >= 0.6 is 0 Å². The number of alkyl carbamates (subject to hydrolysis) is 1. The smallest absolute Gasteiger partial charge is 0.408 e. The van der Waals surface area contributed by atoms with E-state index in [1.54, 1.807) is 27.7 Å². The SMILES string of the molecule is CC1CC(C)C(OC2OC(CO)C(O)C(NC(=O)OC(C)(C)C)C2O)C(O)C1OC1OC(CN)C(O)C(O)C1C. The molecular formula is C26H48N2O12. The van der Waals surface area contributed by atoms with Crippen LogP contribution in [0.1, 0.15) is 48.0 Å². The van der Waals surface area contributed by atoms with Gasteiger partial charge in [-0.05, 0) is 39.0 Å². The van der Waals surface area contributed by atoms with Gasteiger partial charge < -0.3 is 65.4 Å². The predicted molar refractivity (Wildman–Crippen MR) is 139 cm³/mol. The number of ether oxygens (including phenoxy) is 5. The second kappa shape index (κ2) is 13.4. The highest BCUT2D eigenvalue weighted by Gasteiger charge is 2.51. The molecule has 15 unspecified atom stereocenters. The minimum Gasteiger partial charge on any atom is -0.444 e. The fourth-order valence-corrected chi connectivity index (χ4v) is 5.69. The van der Waals surface area contributed by atoms with Crippen LogP contribution < -0.4 is 11.1 Å². The van der Waals surface area contributed by atoms with E-state index in [4.69, 9.17) is 29.4 Å². The lowest BCUT2D eigenvalue weighted by Gasteiger charge is -2.49. The van der Waals surface area contributed by atoms with E-state index < -0.39 is 97.8 Å². The summed E-state index contributed by atoms with van der Waals surface area (Å²) in [6.07, 6.45) is -13.1. The van der Waals surface area contributed by atoms with E-state index >= 15 is 0 Å². The fourth-order valence-electron chi connectivity index (χ4n) is 5.69. The Morgan fingerprint density at radius 2 is 1.40 bits per heavy atom. The van der Waals surface area contributed by atoms with Crippen LogP contribution in [0, 0.1) is 17.8 Å². The Hall–Kier alpha value is -1.17. The van der Waals surface area contributed by atoms with Gasteiger partial charge in [0.2, 0.25) is 0 Å². The number of aliphatic hydroxyl groups excluding tert-OH is 6. The van der Waals surface area contributed by atoms with Crippen LogP contribution in [0.15, 0.2) is 0 Å². The normalized spacial score (nSPS) is 46.6. The molecule has 0 bridgehead atoms. The number of aliphatic hydroxyl groups is 6. The predicted octanol–water partition coefficient (Wildman–Crippen LogP) is -1.83. The maximum absolute atomic E-state index is 12.4. The first-order valence-electron chi connectivity index (χ1n) is 13.9. The average Bonchev–Trinajstić information content (AvgIpc) is 2.86. The van der Waals surface area contributed by atoms with Crippen LogP contribution in [0.25, 0.3) is 0 Å². The molecule has 0 spiro atoms. The average molecular weight is 581 g/mol. The van der Waals surface area contributed by atoms with Crippen molar-refractivity contribution in [2.75, 3.05) is 13.2 Å². The van der Waals surface area contributed by atoms with Gasteiger partial charge in [-0.1, -0.05) is 20.8 Å². The molecule has 0 aromatic carbocycles. The van der Waals surface area contributed by atoms with E-state index in [0.717, 1.165) is 0 Å². The molecule has 15 atom stereocenters. The zero-order valence-corrected chi connectivity index (χ0v) is 24.0. The third-order valence-corrected chi connectivity index (χ3v) is 7.93. The van der Waals surface area contributed by atoms with Gasteiger partial charge in [0.25, 0.3) is 0 Å². The molecule has 2 aliphatic heterocycles. The largest absolute Gasteiger partial charge is 0.444 e. The van der Waals surface area contributed by atoms with Gasteiger partial charge in [0.1, 0.15) is 42.2 Å². The molecule has 14 heteroatoms. The zero-order valence-electron chi connectivity index (χ0n) is 24.0. The number of carbonyl (C=O) groups is 1. The van der Waals surface area contributed by atoms with Gasteiger partial charge in [-0.15, -0.1) is 0 Å². The van der Waals surface area contributed by atoms with Gasteiger partial charge in [0.15, 0.2) is 12.6 Å². The molecule has 0 radical (unpaired) electrons. The lowest BCUT2D eigenvalue weighted by atomic mass is 9.77. The van der Waals surface area contributed by atoms with Crippen molar-refractivity contribution in [2.24, 2.45) is 23.5 Å². The van der Waals surface area contributed by atoms with Crippen molar-refractivity contribution >= 4 is 6.09 Å². The fraction of sp³-hybridized carbons (Fsp3) is 0.962. The summed E-state index contributed by atoms with van der Waals surface area (Å²) in [5.74, 6) is -1.01. The molecule has 0 aromatic rings. The molecule has 40 heavy (non-hydrogen) atoms. The molecule has 9 N–H and O–H groups in total. The lowest BCUT2D eigenvalue weighted by molar-refractivity contribution is -0.332. The van der Waals surface area contributed by atoms with Crippen LogP contribution in [0.5, 0.6) is 0 Å². The highest BCUT2D eigenvalue weighted by molar-refractivity contribution is 5.68. The van der Waals surface area contributed by atoms with Crippen molar-refractivity contribution in [1.29, 1.82) is 0 Å². The summed E-state index contributed by atoms with van der Waals surface area (Å²) >= 11 is 0. The summed E-state index contributed by atoms with van der Waals surface area (Å²) in [6.45, 7) is 9.73. The Bertz CT molecular complexity index is 828. The van der Waals surface area contributed by atoms with Crippen LogP contribution in [0.4, 0.5) is 4.79 Å². The zero-order chi connectivity index (χ0) is 30.1. The summed E-state index contributed by atoms with van der Waals surface area (Å²) in [4.78, 5) is 12.4. The van der Waals surface area contributed by atoms with Crippen LogP contribution in [0.3, 0.4) is 0 Å². The van der Waals surface area contributed by atoms with E-state index in [1.165, 1.54) is 0 Å². The van der Waals surface area contributed by atoms with Gasteiger partial charge in [-0.3, -0.25) is 0 Å². The number of carbonyl (C=O) groups excluding carboxylic acids is 1. The number of nitrogens with one attached hydrogen (secondary N) is 1.